The van der Waals surface area contributed by atoms with Crippen LogP contribution in [0.3, 0.4) is 0 Å². The molecule has 0 amide bonds. The highest BCUT2D eigenvalue weighted by molar-refractivity contribution is 5.13. The van der Waals surface area contributed by atoms with E-state index in [2.05, 4.69) is 24.3 Å². The molecule has 0 aromatic heterocycles. The standard InChI is InChI=1S/C13H17O/c1-3-7-12(8-4-1)11-14-13-9-5-2-6-10-13/h1,3-4,7-8H,2,5-6,9-11H2. The Hall–Kier alpha value is -0.820. The molecule has 0 spiro atoms. The summed E-state index contributed by atoms with van der Waals surface area (Å²) < 4.78 is 5.79. The van der Waals surface area contributed by atoms with Gasteiger partial charge in [-0.3, -0.25) is 0 Å². The van der Waals surface area contributed by atoms with Crippen LogP contribution < -0.4 is 0 Å². The van der Waals surface area contributed by atoms with Crippen LogP contribution in [0.1, 0.15) is 37.7 Å². The predicted octanol–water partition coefficient (Wildman–Crippen LogP) is 3.70. The molecule has 0 saturated heterocycles. The summed E-state index contributed by atoms with van der Waals surface area (Å²) in [6.45, 7) is 0.746. The second-order valence-corrected chi connectivity index (χ2v) is 3.87. The lowest BCUT2D eigenvalue weighted by Crippen LogP contribution is -2.07. The zero-order chi connectivity index (χ0) is 9.64. The lowest BCUT2D eigenvalue weighted by molar-refractivity contribution is 0.101. The molecule has 14 heavy (non-hydrogen) atoms. The molecule has 1 saturated carbocycles. The fraction of sp³-hybridized carbons (Fsp3) is 0.462. The van der Waals surface area contributed by atoms with E-state index in [1.54, 1.807) is 0 Å². The van der Waals surface area contributed by atoms with Gasteiger partial charge in [0.15, 0.2) is 0 Å². The van der Waals surface area contributed by atoms with E-state index in [4.69, 9.17) is 4.74 Å². The van der Waals surface area contributed by atoms with Gasteiger partial charge in [-0.15, -0.1) is 0 Å². The molecule has 1 fully saturated rings. The van der Waals surface area contributed by atoms with Crippen LogP contribution in [0, 0.1) is 6.10 Å². The molecule has 1 aliphatic carbocycles. The van der Waals surface area contributed by atoms with Crippen molar-refractivity contribution in [3.05, 3.63) is 42.0 Å². The summed E-state index contributed by atoms with van der Waals surface area (Å²) in [5.41, 5.74) is 1.27. The first-order valence-electron chi connectivity index (χ1n) is 5.46. The summed E-state index contributed by atoms with van der Waals surface area (Å²) in [6.07, 6.45) is 7.65. The van der Waals surface area contributed by atoms with Crippen LogP contribution in [0.15, 0.2) is 30.3 Å². The monoisotopic (exact) mass is 189 g/mol. The van der Waals surface area contributed by atoms with E-state index in [-0.39, 0.29) is 0 Å². The van der Waals surface area contributed by atoms with E-state index >= 15 is 0 Å². The Morgan fingerprint density at radius 3 is 2.36 bits per heavy atom. The molecule has 0 heterocycles. The minimum atomic E-state index is 0.746. The van der Waals surface area contributed by atoms with Gasteiger partial charge in [0.1, 0.15) is 0 Å². The van der Waals surface area contributed by atoms with Crippen LogP contribution in [-0.2, 0) is 11.3 Å². The molecule has 1 heteroatoms. The van der Waals surface area contributed by atoms with E-state index in [1.165, 1.54) is 43.8 Å². The van der Waals surface area contributed by atoms with E-state index in [0.717, 1.165) is 6.61 Å². The van der Waals surface area contributed by atoms with E-state index in [9.17, 15) is 0 Å². The molecular formula is C13H17O. The number of hydrogen-bond donors (Lipinski definition) is 0. The highest BCUT2D eigenvalue weighted by atomic mass is 16.5. The third-order valence-electron chi connectivity index (χ3n) is 2.70. The maximum Gasteiger partial charge on any atom is 0.0975 e. The Kier molecular flexibility index (Phi) is 3.58. The Balaban J connectivity index is 1.76. The lowest BCUT2D eigenvalue weighted by Gasteiger charge is -2.20. The molecule has 0 unspecified atom stereocenters. The van der Waals surface area contributed by atoms with Crippen molar-refractivity contribution in [3.8, 4) is 0 Å². The second kappa shape index (κ2) is 5.16. The molecule has 0 atom stereocenters. The molecule has 0 aliphatic heterocycles. The topological polar surface area (TPSA) is 9.23 Å². The Morgan fingerprint density at radius 2 is 1.64 bits per heavy atom. The molecule has 2 rings (SSSR count). The summed E-state index contributed by atoms with van der Waals surface area (Å²) in [4.78, 5) is 0. The van der Waals surface area contributed by atoms with Crippen LogP contribution in [0.2, 0.25) is 0 Å². The SMILES string of the molecule is c1ccc(CO[C]2CCCCC2)cc1. The van der Waals surface area contributed by atoms with Crippen molar-refractivity contribution in [2.24, 2.45) is 0 Å². The van der Waals surface area contributed by atoms with Crippen molar-refractivity contribution in [2.75, 3.05) is 0 Å². The highest BCUT2D eigenvalue weighted by Gasteiger charge is 2.14. The van der Waals surface area contributed by atoms with Gasteiger partial charge in [-0.1, -0.05) is 49.6 Å². The Morgan fingerprint density at radius 1 is 0.929 bits per heavy atom. The van der Waals surface area contributed by atoms with Crippen LogP contribution >= 0.6 is 0 Å². The summed E-state index contributed by atoms with van der Waals surface area (Å²) >= 11 is 0. The zero-order valence-corrected chi connectivity index (χ0v) is 8.54. The number of benzene rings is 1. The molecule has 0 N–H and O–H groups in total. The van der Waals surface area contributed by atoms with E-state index < -0.39 is 0 Å². The molecular weight excluding hydrogens is 172 g/mol. The van der Waals surface area contributed by atoms with Gasteiger partial charge in [-0.2, -0.15) is 0 Å². The third kappa shape index (κ3) is 2.85. The van der Waals surface area contributed by atoms with Crippen LogP contribution in [0.4, 0.5) is 0 Å². The fourth-order valence-corrected chi connectivity index (χ4v) is 1.85. The van der Waals surface area contributed by atoms with Crippen molar-refractivity contribution in [1.29, 1.82) is 0 Å². The molecule has 0 bridgehead atoms. The van der Waals surface area contributed by atoms with Crippen molar-refractivity contribution < 1.29 is 4.74 Å². The van der Waals surface area contributed by atoms with E-state index in [1.807, 2.05) is 6.07 Å². The Bertz CT molecular complexity index is 249. The molecule has 1 aliphatic rings. The van der Waals surface area contributed by atoms with E-state index in [0.29, 0.717) is 0 Å². The van der Waals surface area contributed by atoms with Crippen molar-refractivity contribution >= 4 is 0 Å². The first-order chi connectivity index (χ1) is 6.95. The minimum absolute atomic E-state index is 0.746. The first-order valence-corrected chi connectivity index (χ1v) is 5.46. The third-order valence-corrected chi connectivity index (χ3v) is 2.70. The second-order valence-electron chi connectivity index (χ2n) is 3.87. The largest absolute Gasteiger partial charge is 0.367 e. The Labute approximate surface area is 86.1 Å². The van der Waals surface area contributed by atoms with Crippen LogP contribution in [0.25, 0.3) is 0 Å². The smallest absolute Gasteiger partial charge is 0.0975 e. The summed E-state index contributed by atoms with van der Waals surface area (Å²) in [7, 11) is 0. The van der Waals surface area contributed by atoms with Crippen LogP contribution in [-0.4, -0.2) is 0 Å². The fourth-order valence-electron chi connectivity index (χ4n) is 1.85. The van der Waals surface area contributed by atoms with Crippen LogP contribution in [0.5, 0.6) is 0 Å². The van der Waals surface area contributed by atoms with Gasteiger partial charge in [0.25, 0.3) is 0 Å². The maximum absolute atomic E-state index is 5.79. The van der Waals surface area contributed by atoms with Gasteiger partial charge in [0.05, 0.1) is 12.7 Å². The minimum Gasteiger partial charge on any atom is -0.367 e. The van der Waals surface area contributed by atoms with Gasteiger partial charge in [0, 0.05) is 0 Å². The predicted molar refractivity (Wildman–Crippen MR) is 57.6 cm³/mol. The molecule has 1 aromatic carbocycles. The van der Waals surface area contributed by atoms with Gasteiger partial charge in [0.2, 0.25) is 0 Å². The van der Waals surface area contributed by atoms with Crippen molar-refractivity contribution in [2.45, 2.75) is 38.7 Å². The average molecular weight is 189 g/mol. The molecule has 1 nitrogen and oxygen atoms in total. The van der Waals surface area contributed by atoms with Crippen molar-refractivity contribution in [3.63, 3.8) is 0 Å². The van der Waals surface area contributed by atoms with Crippen molar-refractivity contribution in [1.82, 2.24) is 0 Å². The summed E-state index contributed by atoms with van der Waals surface area (Å²) in [5.74, 6) is 0. The number of ether oxygens (including phenoxy) is 1. The first kappa shape index (κ1) is 9.72. The summed E-state index contributed by atoms with van der Waals surface area (Å²) in [5, 5.41) is 0. The maximum atomic E-state index is 5.79. The lowest BCUT2D eigenvalue weighted by atomic mass is 9.98. The quantitative estimate of drug-likeness (QED) is 0.704. The zero-order valence-electron chi connectivity index (χ0n) is 8.54. The van der Waals surface area contributed by atoms with Gasteiger partial charge < -0.3 is 4.74 Å². The molecule has 75 valence electrons. The average Bonchev–Trinajstić information content (AvgIpc) is 2.29. The van der Waals surface area contributed by atoms with Gasteiger partial charge in [-0.25, -0.2) is 0 Å². The van der Waals surface area contributed by atoms with Gasteiger partial charge in [-0.05, 0) is 18.4 Å². The number of rotatable bonds is 3. The summed E-state index contributed by atoms with van der Waals surface area (Å²) in [6, 6.07) is 10.4. The molecule has 1 aromatic rings. The normalized spacial score (nSPS) is 18.3. The highest BCUT2D eigenvalue weighted by Crippen LogP contribution is 2.27. The number of hydrogen-bond acceptors (Lipinski definition) is 1. The molecule has 1 radical (unpaired) electrons. The van der Waals surface area contributed by atoms with Gasteiger partial charge >= 0.3 is 0 Å².